The lowest BCUT2D eigenvalue weighted by atomic mass is 9.29. The number of para-hydroxylation sites is 6. The Morgan fingerprint density at radius 3 is 1.68 bits per heavy atom. The second-order valence-corrected chi connectivity index (χ2v) is 17.4. The van der Waals surface area contributed by atoms with Crippen LogP contribution in [0.1, 0.15) is 0 Å². The third kappa shape index (κ3) is 4.28. The van der Waals surface area contributed by atoms with Crippen LogP contribution in [0.4, 0.5) is 34.1 Å². The molecular weight excluding hydrogens is 744 g/mol. The van der Waals surface area contributed by atoms with Gasteiger partial charge in [-0.2, -0.15) is 0 Å². The third-order valence-electron chi connectivity index (χ3n) is 13.4. The lowest BCUT2D eigenvalue weighted by Gasteiger charge is -2.49. The van der Waals surface area contributed by atoms with E-state index in [1.54, 1.807) is 0 Å². The number of benzene rings is 9. The number of fused-ring (bicyclic) bond motifs is 13. The van der Waals surface area contributed by atoms with Crippen molar-refractivity contribution in [2.75, 3.05) is 9.80 Å². The molecule has 6 heteroatoms. The van der Waals surface area contributed by atoms with Crippen molar-refractivity contribution >= 4 is 114 Å². The molecule has 14 rings (SSSR count). The Kier molecular flexibility index (Phi) is 6.66. The second-order valence-electron chi connectivity index (χ2n) is 16.4. The number of hydrogen-bond donors (Lipinski definition) is 0. The Balaban J connectivity index is 1.05. The van der Waals surface area contributed by atoms with Crippen molar-refractivity contribution in [3.63, 3.8) is 0 Å². The van der Waals surface area contributed by atoms with Gasteiger partial charge in [0.15, 0.2) is 0 Å². The molecule has 4 aliphatic heterocycles. The summed E-state index contributed by atoms with van der Waals surface area (Å²) >= 11 is 1.93. The third-order valence-corrected chi connectivity index (χ3v) is 14.6. The van der Waals surface area contributed by atoms with Crippen LogP contribution in [0.2, 0.25) is 0 Å². The van der Waals surface area contributed by atoms with Gasteiger partial charge in [-0.05, 0) is 99.6 Å². The van der Waals surface area contributed by atoms with Crippen LogP contribution in [-0.2, 0) is 0 Å². The Morgan fingerprint density at radius 1 is 0.367 bits per heavy atom. The Hall–Kier alpha value is -7.14. The van der Waals surface area contributed by atoms with E-state index in [0.717, 1.165) is 0 Å². The number of nitrogens with zero attached hydrogens (tertiary/aromatic N) is 3. The molecule has 1 aromatic heterocycles. The molecule has 0 amide bonds. The molecule has 4 aliphatic rings. The Labute approximate surface area is 353 Å². The number of anilines is 6. The van der Waals surface area contributed by atoms with Gasteiger partial charge in [0, 0.05) is 60.3 Å². The largest absolute Gasteiger partial charge is 0.312 e. The fourth-order valence-corrected chi connectivity index (χ4v) is 12.3. The first-order chi connectivity index (χ1) is 29.8. The molecule has 0 spiro atoms. The molecule has 0 N–H and O–H groups in total. The molecule has 0 fully saturated rings. The predicted molar refractivity (Wildman–Crippen MR) is 255 cm³/mol. The summed E-state index contributed by atoms with van der Waals surface area (Å²) in [7, 11) is 0. The molecule has 5 heterocycles. The average Bonchev–Trinajstić information content (AvgIpc) is 3.65. The lowest BCUT2D eigenvalue weighted by Crippen LogP contribution is -2.68. The van der Waals surface area contributed by atoms with Crippen LogP contribution in [0.25, 0.3) is 38.6 Å². The molecule has 0 unspecified atom stereocenters. The highest BCUT2D eigenvalue weighted by molar-refractivity contribution is 8.00. The van der Waals surface area contributed by atoms with Gasteiger partial charge in [0.25, 0.3) is 6.71 Å². The van der Waals surface area contributed by atoms with Gasteiger partial charge in [-0.3, -0.25) is 0 Å². The molecule has 0 bridgehead atoms. The minimum Gasteiger partial charge on any atom is -0.312 e. The minimum atomic E-state index is 0.0842. The summed E-state index contributed by atoms with van der Waals surface area (Å²) in [4.78, 5) is 7.87. The molecule has 3 nitrogen and oxygen atoms in total. The standard InChI is InChI=1S/C54H33B2N3S/c1-2-16-35(17-3-1)57-44-25-11-5-19-37(44)38-32-34(30-31-45(38)57)36-18-4-10-24-43(36)58-46-26-12-6-20-39(46)55-40-21-7-13-27-47(40)59-48-28-14-8-22-41(48)56-42-23-9-15-29-50(42)60-51-33-49(58)52(55)54(59)53(51)56/h1-33H. The highest BCUT2D eigenvalue weighted by atomic mass is 32.2. The van der Waals surface area contributed by atoms with Crippen LogP contribution in [0.3, 0.4) is 0 Å². The molecule has 0 radical (unpaired) electrons. The maximum atomic E-state index is 2.61. The molecule has 9 aromatic carbocycles. The van der Waals surface area contributed by atoms with Gasteiger partial charge >= 0.3 is 0 Å². The van der Waals surface area contributed by atoms with Crippen LogP contribution in [-0.4, -0.2) is 18.0 Å². The molecule has 10 aromatic rings. The minimum absolute atomic E-state index is 0.0842. The molecule has 0 saturated heterocycles. The van der Waals surface area contributed by atoms with Crippen molar-refractivity contribution in [2.24, 2.45) is 0 Å². The van der Waals surface area contributed by atoms with E-state index in [9.17, 15) is 0 Å². The maximum absolute atomic E-state index is 2.61. The van der Waals surface area contributed by atoms with Gasteiger partial charge in [-0.25, -0.2) is 0 Å². The Bertz CT molecular complexity index is 3460. The normalized spacial score (nSPS) is 13.8. The van der Waals surface area contributed by atoms with E-state index in [2.05, 4.69) is 215 Å². The first-order valence-corrected chi connectivity index (χ1v) is 21.7. The van der Waals surface area contributed by atoms with Gasteiger partial charge in [-0.1, -0.05) is 151 Å². The summed E-state index contributed by atoms with van der Waals surface area (Å²) in [6.07, 6.45) is 0. The van der Waals surface area contributed by atoms with Crippen molar-refractivity contribution in [1.29, 1.82) is 0 Å². The van der Waals surface area contributed by atoms with Gasteiger partial charge < -0.3 is 14.4 Å². The van der Waals surface area contributed by atoms with Crippen molar-refractivity contribution in [3.05, 3.63) is 200 Å². The van der Waals surface area contributed by atoms with Gasteiger partial charge in [0.1, 0.15) is 0 Å². The fraction of sp³-hybridized carbons (Fsp3) is 0. The van der Waals surface area contributed by atoms with Crippen molar-refractivity contribution in [3.8, 4) is 16.8 Å². The monoisotopic (exact) mass is 777 g/mol. The zero-order valence-electron chi connectivity index (χ0n) is 32.5. The average molecular weight is 778 g/mol. The van der Waals surface area contributed by atoms with E-state index in [1.165, 1.54) is 115 Å². The number of hydrogen-bond acceptors (Lipinski definition) is 3. The van der Waals surface area contributed by atoms with Crippen molar-refractivity contribution in [1.82, 2.24) is 4.57 Å². The van der Waals surface area contributed by atoms with E-state index < -0.39 is 0 Å². The second kappa shape index (κ2) is 12.2. The molecular formula is C54H33B2N3S. The topological polar surface area (TPSA) is 11.4 Å². The van der Waals surface area contributed by atoms with E-state index in [4.69, 9.17) is 0 Å². The predicted octanol–water partition coefficient (Wildman–Crippen LogP) is 9.83. The van der Waals surface area contributed by atoms with E-state index >= 15 is 0 Å². The van der Waals surface area contributed by atoms with E-state index in [-0.39, 0.29) is 13.4 Å². The summed E-state index contributed by atoms with van der Waals surface area (Å²) < 4.78 is 2.40. The smallest absolute Gasteiger partial charge is 0.252 e. The van der Waals surface area contributed by atoms with Crippen LogP contribution < -0.4 is 42.6 Å². The zero-order valence-corrected chi connectivity index (χ0v) is 33.3. The van der Waals surface area contributed by atoms with Crippen LogP contribution in [0.15, 0.2) is 210 Å². The molecule has 0 atom stereocenters. The van der Waals surface area contributed by atoms with Crippen LogP contribution >= 0.6 is 11.8 Å². The van der Waals surface area contributed by atoms with E-state index in [0.29, 0.717) is 0 Å². The van der Waals surface area contributed by atoms with Crippen LogP contribution in [0.5, 0.6) is 0 Å². The van der Waals surface area contributed by atoms with Gasteiger partial charge in [-0.15, -0.1) is 0 Å². The highest BCUT2D eigenvalue weighted by Gasteiger charge is 2.50. The Morgan fingerprint density at radius 2 is 0.933 bits per heavy atom. The summed E-state index contributed by atoms with van der Waals surface area (Å²) in [5.74, 6) is 0. The zero-order chi connectivity index (χ0) is 39.1. The van der Waals surface area contributed by atoms with Gasteiger partial charge in [0.05, 0.1) is 16.7 Å². The molecule has 0 saturated carbocycles. The maximum Gasteiger partial charge on any atom is 0.252 e. The first-order valence-electron chi connectivity index (χ1n) is 20.8. The highest BCUT2D eigenvalue weighted by Crippen LogP contribution is 2.50. The molecule has 276 valence electrons. The number of aromatic nitrogens is 1. The van der Waals surface area contributed by atoms with E-state index in [1.807, 2.05) is 11.8 Å². The molecule has 60 heavy (non-hydrogen) atoms. The summed E-state index contributed by atoms with van der Waals surface area (Å²) in [5, 5.41) is 2.51. The first kappa shape index (κ1) is 32.8. The van der Waals surface area contributed by atoms with Crippen molar-refractivity contribution < 1.29 is 0 Å². The summed E-state index contributed by atoms with van der Waals surface area (Å²) in [5.41, 5.74) is 21.8. The van der Waals surface area contributed by atoms with Crippen molar-refractivity contribution in [2.45, 2.75) is 9.79 Å². The van der Waals surface area contributed by atoms with Crippen LogP contribution in [0, 0.1) is 0 Å². The summed E-state index contributed by atoms with van der Waals surface area (Å²) in [6.45, 7) is 0.236. The fourth-order valence-electron chi connectivity index (χ4n) is 11.1. The quantitative estimate of drug-likeness (QED) is 0.166. The van der Waals surface area contributed by atoms with Gasteiger partial charge in [0.2, 0.25) is 6.71 Å². The molecule has 0 aliphatic carbocycles. The lowest BCUT2D eigenvalue weighted by molar-refractivity contribution is 1.18. The number of rotatable bonds is 3. The SMILES string of the molecule is c1ccc(-n2c3ccccc3c3cc(-c4ccccc4N4c5ccccc5B5c6ccccc6N6c7ccccc7B7c8ccccc8Sc8cc4c5c6c87)ccc32)cc1. The summed E-state index contributed by atoms with van der Waals surface area (Å²) in [6, 6.07) is 74.7.